The average Bonchev–Trinajstić information content (AvgIpc) is 3.25. The Kier molecular flexibility index (Phi) is 4.01. The van der Waals surface area contributed by atoms with Crippen LogP contribution in [0.15, 0.2) is 53.8 Å². The van der Waals surface area contributed by atoms with Crippen molar-refractivity contribution in [2.24, 2.45) is 12.1 Å². The molecule has 2 aromatic heterocycles. The fourth-order valence-electron chi connectivity index (χ4n) is 4.25. The Bertz CT molecular complexity index is 1230. The molecule has 0 unspecified atom stereocenters. The van der Waals surface area contributed by atoms with Crippen LogP contribution in [0.1, 0.15) is 40.0 Å². The van der Waals surface area contributed by atoms with Gasteiger partial charge in [0.05, 0.1) is 6.21 Å². The van der Waals surface area contributed by atoms with Gasteiger partial charge in [-0.3, -0.25) is 4.79 Å². The van der Waals surface area contributed by atoms with E-state index in [4.69, 9.17) is 0 Å². The van der Waals surface area contributed by atoms with Gasteiger partial charge in [-0.25, -0.2) is 5.43 Å². The molecule has 5 nitrogen and oxygen atoms in total. The Labute approximate surface area is 163 Å². The quantitative estimate of drug-likeness (QED) is 0.410. The smallest absolute Gasteiger partial charge is 0.271 e. The van der Waals surface area contributed by atoms with Crippen LogP contribution < -0.4 is 5.43 Å². The molecule has 28 heavy (non-hydrogen) atoms. The summed E-state index contributed by atoms with van der Waals surface area (Å²) in [4.78, 5) is 16.1. The van der Waals surface area contributed by atoms with Crippen molar-refractivity contribution in [3.63, 3.8) is 0 Å². The molecule has 0 aliphatic heterocycles. The maximum Gasteiger partial charge on any atom is 0.271 e. The number of aryl methyl sites for hydroxylation is 3. The first-order valence-electron chi connectivity index (χ1n) is 9.71. The second-order valence-corrected chi connectivity index (χ2v) is 7.46. The number of fused-ring (bicyclic) bond motifs is 4. The fourth-order valence-corrected chi connectivity index (χ4v) is 4.25. The number of carbonyl (C=O) groups excluding carboxylic acids is 1. The third-order valence-electron chi connectivity index (χ3n) is 5.66. The molecule has 140 valence electrons. The summed E-state index contributed by atoms with van der Waals surface area (Å²) in [5.74, 6) is -0.191. The number of nitrogens with zero attached hydrogens (tertiary/aromatic N) is 2. The van der Waals surface area contributed by atoms with E-state index in [9.17, 15) is 4.79 Å². The predicted octanol–water partition coefficient (Wildman–Crippen LogP) is 4.30. The number of rotatable bonds is 3. The van der Waals surface area contributed by atoms with Gasteiger partial charge in [-0.2, -0.15) is 5.10 Å². The number of nitrogens with one attached hydrogen (secondary N) is 2. The standard InChI is InChI=1S/C23H22N4O/c1-27-14-16(17-6-3-5-9-22(17)27)13-24-26-23(28)15-10-11-21-19(12-15)18-7-2-4-8-20(18)25-21/h3,5-6,9-14,25H,2,4,7-8H2,1H3,(H,26,28)/b24-13-. The van der Waals surface area contributed by atoms with E-state index in [1.807, 2.05) is 43.6 Å². The zero-order valence-electron chi connectivity index (χ0n) is 15.8. The lowest BCUT2D eigenvalue weighted by atomic mass is 9.95. The van der Waals surface area contributed by atoms with E-state index < -0.39 is 0 Å². The summed E-state index contributed by atoms with van der Waals surface area (Å²) in [6.07, 6.45) is 8.34. The van der Waals surface area contributed by atoms with Crippen LogP contribution in [0.2, 0.25) is 0 Å². The summed E-state index contributed by atoms with van der Waals surface area (Å²) >= 11 is 0. The highest BCUT2D eigenvalue weighted by Gasteiger charge is 2.16. The molecule has 1 amide bonds. The molecular weight excluding hydrogens is 348 g/mol. The predicted molar refractivity (Wildman–Crippen MR) is 113 cm³/mol. The first-order chi connectivity index (χ1) is 13.7. The molecule has 1 aliphatic rings. The summed E-state index contributed by atoms with van der Waals surface area (Å²) in [6, 6.07) is 14.0. The molecule has 1 aliphatic carbocycles. The number of aromatic amines is 1. The lowest BCUT2D eigenvalue weighted by molar-refractivity contribution is 0.0955. The van der Waals surface area contributed by atoms with Gasteiger partial charge in [-0.1, -0.05) is 18.2 Å². The molecular formula is C23H22N4O. The van der Waals surface area contributed by atoms with E-state index in [0.717, 1.165) is 34.8 Å². The molecule has 0 fully saturated rings. The first-order valence-corrected chi connectivity index (χ1v) is 9.71. The van der Waals surface area contributed by atoms with E-state index in [1.54, 1.807) is 6.21 Å². The largest absolute Gasteiger partial charge is 0.358 e. The van der Waals surface area contributed by atoms with Gasteiger partial charge in [0.25, 0.3) is 5.91 Å². The highest BCUT2D eigenvalue weighted by molar-refractivity contribution is 6.01. The zero-order chi connectivity index (χ0) is 19.1. The number of carbonyl (C=O) groups is 1. The number of aromatic nitrogens is 2. The third kappa shape index (κ3) is 2.80. The van der Waals surface area contributed by atoms with Crippen molar-refractivity contribution in [2.45, 2.75) is 25.7 Å². The van der Waals surface area contributed by atoms with Gasteiger partial charge in [0.2, 0.25) is 0 Å². The van der Waals surface area contributed by atoms with Gasteiger partial charge < -0.3 is 9.55 Å². The summed E-state index contributed by atoms with van der Waals surface area (Å²) in [5, 5.41) is 6.47. The second-order valence-electron chi connectivity index (χ2n) is 7.46. The number of amides is 1. The molecule has 2 heterocycles. The number of hydrazone groups is 1. The van der Waals surface area contributed by atoms with Crippen LogP contribution in [-0.2, 0) is 19.9 Å². The number of H-pyrrole nitrogens is 1. The van der Waals surface area contributed by atoms with Crippen molar-refractivity contribution >= 4 is 33.9 Å². The molecule has 0 atom stereocenters. The molecule has 0 radical (unpaired) electrons. The summed E-state index contributed by atoms with van der Waals surface area (Å²) < 4.78 is 2.06. The Morgan fingerprint density at radius 1 is 1.14 bits per heavy atom. The molecule has 5 heteroatoms. The Hall–Kier alpha value is -3.34. The van der Waals surface area contributed by atoms with Gasteiger partial charge >= 0.3 is 0 Å². The Morgan fingerprint density at radius 2 is 2.00 bits per heavy atom. The first kappa shape index (κ1) is 16.8. The number of hydrogen-bond donors (Lipinski definition) is 2. The van der Waals surface area contributed by atoms with E-state index in [-0.39, 0.29) is 5.91 Å². The highest BCUT2D eigenvalue weighted by Crippen LogP contribution is 2.29. The van der Waals surface area contributed by atoms with Crippen molar-refractivity contribution in [3.05, 3.63) is 71.0 Å². The molecule has 0 saturated carbocycles. The topological polar surface area (TPSA) is 62.2 Å². The number of para-hydroxylation sites is 1. The van der Waals surface area contributed by atoms with Gasteiger partial charge in [-0.15, -0.1) is 0 Å². The van der Waals surface area contributed by atoms with Gasteiger partial charge in [0, 0.05) is 51.9 Å². The molecule has 2 aromatic carbocycles. The van der Waals surface area contributed by atoms with E-state index in [0.29, 0.717) is 5.56 Å². The fraction of sp³-hybridized carbons (Fsp3) is 0.217. The van der Waals surface area contributed by atoms with Crippen LogP contribution >= 0.6 is 0 Å². The summed E-state index contributed by atoms with van der Waals surface area (Å²) in [6.45, 7) is 0. The maximum atomic E-state index is 12.6. The van der Waals surface area contributed by atoms with Crippen molar-refractivity contribution in [2.75, 3.05) is 0 Å². The van der Waals surface area contributed by atoms with Crippen molar-refractivity contribution in [1.29, 1.82) is 0 Å². The van der Waals surface area contributed by atoms with E-state index in [2.05, 4.69) is 32.2 Å². The minimum absolute atomic E-state index is 0.191. The molecule has 0 bridgehead atoms. The molecule has 0 saturated heterocycles. The minimum atomic E-state index is -0.191. The minimum Gasteiger partial charge on any atom is -0.358 e. The Morgan fingerprint density at radius 3 is 2.93 bits per heavy atom. The number of benzene rings is 2. The third-order valence-corrected chi connectivity index (χ3v) is 5.66. The summed E-state index contributed by atoms with van der Waals surface area (Å²) in [5.41, 5.74) is 9.23. The maximum absolute atomic E-state index is 12.6. The normalized spacial score (nSPS) is 14.0. The van der Waals surface area contributed by atoms with Gasteiger partial charge in [0.1, 0.15) is 0 Å². The van der Waals surface area contributed by atoms with Gasteiger partial charge in [-0.05, 0) is 55.5 Å². The van der Waals surface area contributed by atoms with E-state index in [1.165, 1.54) is 29.5 Å². The van der Waals surface area contributed by atoms with Crippen LogP contribution in [0.3, 0.4) is 0 Å². The number of hydrogen-bond acceptors (Lipinski definition) is 2. The second kappa shape index (κ2) is 6.68. The van der Waals surface area contributed by atoms with E-state index >= 15 is 0 Å². The van der Waals surface area contributed by atoms with Gasteiger partial charge in [0.15, 0.2) is 0 Å². The van der Waals surface area contributed by atoms with Crippen LogP contribution in [0.25, 0.3) is 21.8 Å². The van der Waals surface area contributed by atoms with Crippen molar-refractivity contribution in [1.82, 2.24) is 15.0 Å². The van der Waals surface area contributed by atoms with Crippen molar-refractivity contribution in [3.8, 4) is 0 Å². The monoisotopic (exact) mass is 370 g/mol. The Balaban J connectivity index is 1.38. The molecule has 4 aromatic rings. The molecule has 5 rings (SSSR count). The summed E-state index contributed by atoms with van der Waals surface area (Å²) in [7, 11) is 2.00. The molecule has 0 spiro atoms. The average molecular weight is 370 g/mol. The van der Waals surface area contributed by atoms with Crippen molar-refractivity contribution < 1.29 is 4.79 Å². The highest BCUT2D eigenvalue weighted by atomic mass is 16.2. The molecule has 2 N–H and O–H groups in total. The lowest BCUT2D eigenvalue weighted by Crippen LogP contribution is -2.17. The van der Waals surface area contributed by atoms with Crippen LogP contribution in [-0.4, -0.2) is 21.7 Å². The van der Waals surface area contributed by atoms with Crippen LogP contribution in [0.5, 0.6) is 0 Å². The zero-order valence-corrected chi connectivity index (χ0v) is 15.8. The lowest BCUT2D eigenvalue weighted by Gasteiger charge is -2.10. The SMILES string of the molecule is Cn1cc(/C=N\NC(=O)c2ccc3[nH]c4c(c3c2)CCCC4)c2ccccc21. The van der Waals surface area contributed by atoms with Crippen LogP contribution in [0, 0.1) is 0 Å². The van der Waals surface area contributed by atoms with Crippen LogP contribution in [0.4, 0.5) is 0 Å².